The van der Waals surface area contributed by atoms with E-state index in [-0.39, 0.29) is 0 Å². The molecule has 0 aliphatic carbocycles. The van der Waals surface area contributed by atoms with E-state index in [1.165, 1.54) is 22.7 Å². The van der Waals surface area contributed by atoms with E-state index in [4.69, 9.17) is 9.47 Å². The van der Waals surface area contributed by atoms with Crippen LogP contribution in [-0.2, 0) is 4.74 Å². The van der Waals surface area contributed by atoms with Crippen LogP contribution in [0.1, 0.15) is 16.1 Å². The standard InChI is InChI=1S/C37H31NO3Si/c1-28-35(41-34-26-16-15-25-33(34)37(39)40-2)27-36(38(28)29-17-7-3-8-18-29)42(30-19-9-4-10-20-30,31-21-11-5-12-22-31)32-23-13-6-14-24-32/h3-27H,1-2H3. The van der Waals surface area contributed by atoms with Crippen LogP contribution in [0.3, 0.4) is 0 Å². The highest BCUT2D eigenvalue weighted by atomic mass is 28.3. The molecule has 0 atom stereocenters. The maximum Gasteiger partial charge on any atom is 0.341 e. The molecule has 0 unspecified atom stereocenters. The summed E-state index contributed by atoms with van der Waals surface area (Å²) in [5.74, 6) is 0.702. The predicted octanol–water partition coefficient (Wildman–Crippen LogP) is 5.74. The van der Waals surface area contributed by atoms with E-state index in [9.17, 15) is 4.79 Å². The highest BCUT2D eigenvalue weighted by molar-refractivity contribution is 7.19. The van der Waals surface area contributed by atoms with E-state index in [1.807, 2.05) is 24.3 Å². The van der Waals surface area contributed by atoms with E-state index in [1.54, 1.807) is 6.07 Å². The van der Waals surface area contributed by atoms with E-state index >= 15 is 0 Å². The number of hydrogen-bond donors (Lipinski definition) is 0. The summed E-state index contributed by atoms with van der Waals surface area (Å²) in [6.45, 7) is 2.08. The highest BCUT2D eigenvalue weighted by Crippen LogP contribution is 2.31. The Hall–Kier alpha value is -5.13. The Balaban J connectivity index is 1.70. The molecule has 42 heavy (non-hydrogen) atoms. The second-order valence-corrected chi connectivity index (χ2v) is 13.8. The lowest BCUT2D eigenvalue weighted by atomic mass is 10.2. The molecule has 1 heterocycles. The van der Waals surface area contributed by atoms with Gasteiger partial charge in [-0.25, -0.2) is 4.79 Å². The topological polar surface area (TPSA) is 40.5 Å². The van der Waals surface area contributed by atoms with Crippen LogP contribution < -0.4 is 25.6 Å². The molecule has 5 heteroatoms. The van der Waals surface area contributed by atoms with Gasteiger partial charge in [-0.2, -0.15) is 0 Å². The van der Waals surface area contributed by atoms with E-state index in [0.717, 1.165) is 16.7 Å². The van der Waals surface area contributed by atoms with E-state index in [0.29, 0.717) is 17.1 Å². The maximum absolute atomic E-state index is 12.6. The number of ether oxygens (including phenoxy) is 2. The maximum atomic E-state index is 12.6. The molecule has 0 aliphatic heterocycles. The monoisotopic (exact) mass is 565 g/mol. The van der Waals surface area contributed by atoms with Gasteiger partial charge in [-0.05, 0) is 52.8 Å². The van der Waals surface area contributed by atoms with Gasteiger partial charge in [-0.3, -0.25) is 0 Å². The van der Waals surface area contributed by atoms with Gasteiger partial charge < -0.3 is 14.0 Å². The first-order valence-electron chi connectivity index (χ1n) is 13.9. The van der Waals surface area contributed by atoms with Crippen molar-refractivity contribution in [3.05, 3.63) is 163 Å². The number of rotatable bonds is 8. The Morgan fingerprint density at radius 1 is 0.595 bits per heavy atom. The van der Waals surface area contributed by atoms with Crippen LogP contribution in [0.4, 0.5) is 0 Å². The first kappa shape index (κ1) is 27.1. The van der Waals surface area contributed by atoms with Gasteiger partial charge in [0.05, 0.1) is 12.8 Å². The number of aromatic nitrogens is 1. The molecule has 0 spiro atoms. The third-order valence-electron chi connectivity index (χ3n) is 7.73. The predicted molar refractivity (Wildman–Crippen MR) is 172 cm³/mol. The summed E-state index contributed by atoms with van der Waals surface area (Å²) in [6, 6.07) is 52.2. The van der Waals surface area contributed by atoms with Gasteiger partial charge >= 0.3 is 5.97 Å². The second kappa shape index (κ2) is 11.8. The number of carbonyl (C=O) groups excluding carboxylic acids is 1. The zero-order valence-corrected chi connectivity index (χ0v) is 24.6. The number of methoxy groups -OCH3 is 1. The lowest BCUT2D eigenvalue weighted by Crippen LogP contribution is -2.76. The number of esters is 1. The van der Waals surface area contributed by atoms with Crippen LogP contribution in [0.5, 0.6) is 11.5 Å². The van der Waals surface area contributed by atoms with Gasteiger partial charge in [0.25, 0.3) is 0 Å². The smallest absolute Gasteiger partial charge is 0.341 e. The van der Waals surface area contributed by atoms with Gasteiger partial charge in [0.15, 0.2) is 8.07 Å². The van der Waals surface area contributed by atoms with Crippen molar-refractivity contribution < 1.29 is 14.3 Å². The molecular weight excluding hydrogens is 534 g/mol. The normalized spacial score (nSPS) is 11.2. The fourth-order valence-electron chi connectivity index (χ4n) is 5.83. The molecule has 1 aromatic heterocycles. The third kappa shape index (κ3) is 4.74. The fourth-order valence-corrected chi connectivity index (χ4v) is 10.8. The van der Waals surface area contributed by atoms with Gasteiger partial charge in [0.1, 0.15) is 17.1 Å². The van der Waals surface area contributed by atoms with Crippen molar-refractivity contribution in [2.75, 3.05) is 7.11 Å². The third-order valence-corrected chi connectivity index (χ3v) is 12.5. The minimum Gasteiger partial charge on any atom is -0.465 e. The van der Waals surface area contributed by atoms with Crippen LogP contribution in [0.2, 0.25) is 0 Å². The summed E-state index contributed by atoms with van der Waals surface area (Å²) in [4.78, 5) is 12.6. The molecule has 0 saturated heterocycles. The zero-order valence-electron chi connectivity index (χ0n) is 23.6. The lowest BCUT2D eigenvalue weighted by Gasteiger charge is -2.35. The summed E-state index contributed by atoms with van der Waals surface area (Å²) in [7, 11) is -1.52. The van der Waals surface area contributed by atoms with Crippen molar-refractivity contribution in [2.45, 2.75) is 6.92 Å². The number of benzene rings is 5. The SMILES string of the molecule is COC(=O)c1ccccc1Oc1cc([Si](c2ccccc2)(c2ccccc2)c2ccccc2)n(-c2ccccc2)c1C. The molecule has 5 aromatic carbocycles. The molecule has 0 amide bonds. The molecule has 0 aliphatic rings. The summed E-state index contributed by atoms with van der Waals surface area (Å²) in [6.07, 6.45) is 0. The Kier molecular flexibility index (Phi) is 7.58. The van der Waals surface area contributed by atoms with Gasteiger partial charge in [0, 0.05) is 11.0 Å². The summed E-state index contributed by atoms with van der Waals surface area (Å²) in [5.41, 5.74) is 2.36. The molecule has 0 fully saturated rings. The van der Waals surface area contributed by atoms with Crippen LogP contribution >= 0.6 is 0 Å². The van der Waals surface area contributed by atoms with Crippen molar-refractivity contribution in [3.63, 3.8) is 0 Å². The van der Waals surface area contributed by atoms with Crippen molar-refractivity contribution in [2.24, 2.45) is 0 Å². The first-order valence-corrected chi connectivity index (χ1v) is 15.9. The fraction of sp³-hybridized carbons (Fsp3) is 0.0541. The van der Waals surface area contributed by atoms with Crippen molar-refractivity contribution >= 4 is 34.9 Å². The summed E-state index contributed by atoms with van der Waals surface area (Å²) >= 11 is 0. The number of para-hydroxylation sites is 2. The average Bonchev–Trinajstić information content (AvgIpc) is 3.38. The van der Waals surface area contributed by atoms with Crippen LogP contribution in [-0.4, -0.2) is 25.7 Å². The molecule has 0 saturated carbocycles. The van der Waals surface area contributed by atoms with Crippen molar-refractivity contribution in [1.82, 2.24) is 4.57 Å². The summed E-state index contributed by atoms with van der Waals surface area (Å²) in [5, 5.41) is 4.94. The molecule has 6 rings (SSSR count). The minimum atomic E-state index is -2.91. The van der Waals surface area contributed by atoms with Crippen LogP contribution in [0, 0.1) is 6.92 Å². The number of carbonyl (C=O) groups is 1. The van der Waals surface area contributed by atoms with Gasteiger partial charge in [0.2, 0.25) is 0 Å². The Morgan fingerprint density at radius 3 is 1.55 bits per heavy atom. The molecule has 4 nitrogen and oxygen atoms in total. The van der Waals surface area contributed by atoms with Gasteiger partial charge in [-0.15, -0.1) is 0 Å². The van der Waals surface area contributed by atoms with Crippen molar-refractivity contribution in [3.8, 4) is 17.2 Å². The molecule has 0 N–H and O–H groups in total. The molecule has 6 aromatic rings. The number of nitrogens with zero attached hydrogens (tertiary/aromatic N) is 1. The molecule has 0 bridgehead atoms. The largest absolute Gasteiger partial charge is 0.465 e. The molecule has 206 valence electrons. The van der Waals surface area contributed by atoms with E-state index < -0.39 is 14.0 Å². The summed E-state index contributed by atoms with van der Waals surface area (Å²) < 4.78 is 14.0. The Bertz CT molecular complexity index is 1700. The second-order valence-electron chi connectivity index (χ2n) is 10.1. The van der Waals surface area contributed by atoms with Crippen molar-refractivity contribution in [1.29, 1.82) is 0 Å². The molecule has 0 radical (unpaired) electrons. The highest BCUT2D eigenvalue weighted by Gasteiger charge is 2.45. The minimum absolute atomic E-state index is 0.381. The zero-order chi connectivity index (χ0) is 28.9. The average molecular weight is 566 g/mol. The quantitative estimate of drug-likeness (QED) is 0.134. The van der Waals surface area contributed by atoms with Crippen LogP contribution in [0.15, 0.2) is 152 Å². The van der Waals surface area contributed by atoms with E-state index in [2.05, 4.69) is 133 Å². The Morgan fingerprint density at radius 2 is 1.05 bits per heavy atom. The number of hydrogen-bond acceptors (Lipinski definition) is 3. The lowest BCUT2D eigenvalue weighted by molar-refractivity contribution is 0.0598. The first-order chi connectivity index (χ1) is 20.6. The Labute approximate surface area is 247 Å². The van der Waals surface area contributed by atoms with Gasteiger partial charge in [-0.1, -0.05) is 121 Å². The molecular formula is C37H31NO3Si. The van der Waals surface area contributed by atoms with Crippen LogP contribution in [0.25, 0.3) is 5.69 Å².